The molecule has 0 aliphatic rings. The van der Waals surface area contributed by atoms with Gasteiger partial charge in [-0.15, -0.1) is 0 Å². The summed E-state index contributed by atoms with van der Waals surface area (Å²) < 4.78 is 11.9. The molecule has 0 amide bonds. The average Bonchev–Trinajstić information content (AvgIpc) is 2.83. The molecule has 4 nitrogen and oxygen atoms in total. The van der Waals surface area contributed by atoms with Crippen LogP contribution in [0.5, 0.6) is 23.0 Å². The molecule has 0 radical (unpaired) electrons. The molecule has 0 bridgehead atoms. The minimum atomic E-state index is -0.117. The van der Waals surface area contributed by atoms with Crippen molar-refractivity contribution in [3.63, 3.8) is 0 Å². The maximum absolute atomic E-state index is 5.97. The maximum Gasteiger partial charge on any atom is 0.127 e. The number of benzene rings is 4. The minimum Gasteiger partial charge on any atom is -0.457 e. The molecule has 0 aromatic heterocycles. The molecule has 0 unspecified atom stereocenters. The zero-order valence-corrected chi connectivity index (χ0v) is 19.1. The molecule has 0 spiro atoms. The number of hydrogen-bond acceptors (Lipinski definition) is 4. The van der Waals surface area contributed by atoms with Crippen LogP contribution in [0.2, 0.25) is 0 Å². The van der Waals surface area contributed by atoms with Gasteiger partial charge in [-0.1, -0.05) is 44.5 Å². The summed E-state index contributed by atoms with van der Waals surface area (Å²) in [6.45, 7) is 4.51. The van der Waals surface area contributed by atoms with Gasteiger partial charge in [-0.05, 0) is 90.3 Å². The first-order chi connectivity index (χ1) is 16.0. The second kappa shape index (κ2) is 9.70. The summed E-state index contributed by atoms with van der Waals surface area (Å²) in [5, 5.41) is 0. The van der Waals surface area contributed by atoms with Gasteiger partial charge < -0.3 is 20.9 Å². The fourth-order valence-corrected chi connectivity index (χ4v) is 4.08. The zero-order valence-electron chi connectivity index (χ0n) is 19.1. The largest absolute Gasteiger partial charge is 0.457 e. The predicted octanol–water partition coefficient (Wildman–Crippen LogP) is 7.54. The van der Waals surface area contributed by atoms with Crippen LogP contribution in [0.1, 0.15) is 37.8 Å². The number of hydrogen-bond donors (Lipinski definition) is 2. The van der Waals surface area contributed by atoms with Crippen LogP contribution in [0, 0.1) is 0 Å². The third kappa shape index (κ3) is 5.29. The molecule has 4 heteroatoms. The lowest BCUT2D eigenvalue weighted by Crippen LogP contribution is -2.23. The fourth-order valence-electron chi connectivity index (χ4n) is 4.08. The van der Waals surface area contributed by atoms with Crippen molar-refractivity contribution in [1.29, 1.82) is 0 Å². The Labute approximate surface area is 195 Å². The first kappa shape index (κ1) is 22.3. The molecule has 0 fully saturated rings. The Hall–Kier alpha value is -3.92. The summed E-state index contributed by atoms with van der Waals surface area (Å²) in [5.74, 6) is 3.14. The molecule has 0 atom stereocenters. The minimum absolute atomic E-state index is 0.117. The fraction of sp³-hybridized carbons (Fsp3) is 0.172. The van der Waals surface area contributed by atoms with Gasteiger partial charge >= 0.3 is 0 Å². The van der Waals surface area contributed by atoms with Crippen molar-refractivity contribution >= 4 is 11.4 Å². The van der Waals surface area contributed by atoms with Crippen molar-refractivity contribution in [3.8, 4) is 23.0 Å². The van der Waals surface area contributed by atoms with Gasteiger partial charge in [-0.3, -0.25) is 0 Å². The Balaban J connectivity index is 1.53. The number of nitrogens with two attached hydrogens (primary N) is 2. The summed E-state index contributed by atoms with van der Waals surface area (Å²) in [5.41, 5.74) is 15.3. The number of anilines is 2. The van der Waals surface area contributed by atoms with Gasteiger partial charge in [0.2, 0.25) is 0 Å². The third-order valence-electron chi connectivity index (χ3n) is 5.96. The topological polar surface area (TPSA) is 70.5 Å². The summed E-state index contributed by atoms with van der Waals surface area (Å²) >= 11 is 0. The second-order valence-corrected chi connectivity index (χ2v) is 8.47. The van der Waals surface area contributed by atoms with Crippen LogP contribution in [0.25, 0.3) is 0 Å². The SMILES string of the molecule is CCCC(C)(c1ccc(Oc2ccc(N)cc2)cc1)c1ccc(Oc2ccc(N)cc2)cc1. The maximum atomic E-state index is 5.97. The molecule has 4 rings (SSSR count). The third-order valence-corrected chi connectivity index (χ3v) is 5.96. The van der Waals surface area contributed by atoms with Gasteiger partial charge in [0.1, 0.15) is 23.0 Å². The van der Waals surface area contributed by atoms with E-state index < -0.39 is 0 Å². The van der Waals surface area contributed by atoms with Crippen LogP contribution >= 0.6 is 0 Å². The van der Waals surface area contributed by atoms with Crippen molar-refractivity contribution in [3.05, 3.63) is 108 Å². The molecular formula is C29H30N2O2. The molecule has 4 aromatic carbocycles. The highest BCUT2D eigenvalue weighted by Crippen LogP contribution is 2.38. The van der Waals surface area contributed by atoms with Crippen LogP contribution in [0.15, 0.2) is 97.1 Å². The summed E-state index contributed by atoms with van der Waals surface area (Å²) in [6, 6.07) is 31.6. The van der Waals surface area contributed by atoms with E-state index in [0.717, 1.165) is 47.2 Å². The normalized spacial score (nSPS) is 11.2. The summed E-state index contributed by atoms with van der Waals surface area (Å²) in [4.78, 5) is 0. The van der Waals surface area contributed by atoms with E-state index in [4.69, 9.17) is 20.9 Å². The van der Waals surface area contributed by atoms with E-state index in [1.54, 1.807) is 0 Å². The van der Waals surface area contributed by atoms with Crippen LogP contribution in [-0.2, 0) is 5.41 Å². The van der Waals surface area contributed by atoms with Crippen molar-refractivity contribution in [2.75, 3.05) is 11.5 Å². The number of ether oxygens (including phenoxy) is 2. The monoisotopic (exact) mass is 438 g/mol. The molecule has 0 aliphatic heterocycles. The molecule has 4 aromatic rings. The van der Waals surface area contributed by atoms with Gasteiger partial charge in [0, 0.05) is 16.8 Å². The summed E-state index contributed by atoms with van der Waals surface area (Å²) in [6.07, 6.45) is 2.10. The van der Waals surface area contributed by atoms with E-state index in [0.29, 0.717) is 0 Å². The first-order valence-electron chi connectivity index (χ1n) is 11.2. The second-order valence-electron chi connectivity index (χ2n) is 8.47. The average molecular weight is 439 g/mol. The van der Waals surface area contributed by atoms with Crippen LogP contribution in [-0.4, -0.2) is 0 Å². The van der Waals surface area contributed by atoms with E-state index in [1.165, 1.54) is 11.1 Å². The number of rotatable bonds is 8. The van der Waals surface area contributed by atoms with Gasteiger partial charge in [-0.2, -0.15) is 0 Å². The molecule has 0 aliphatic carbocycles. The smallest absolute Gasteiger partial charge is 0.127 e. The van der Waals surface area contributed by atoms with Crippen molar-refractivity contribution < 1.29 is 9.47 Å². The van der Waals surface area contributed by atoms with Crippen LogP contribution in [0.4, 0.5) is 11.4 Å². The first-order valence-corrected chi connectivity index (χ1v) is 11.2. The quantitative estimate of drug-likeness (QED) is 0.279. The van der Waals surface area contributed by atoms with Crippen molar-refractivity contribution in [1.82, 2.24) is 0 Å². The lowest BCUT2D eigenvalue weighted by Gasteiger charge is -2.31. The molecule has 0 heterocycles. The molecule has 33 heavy (non-hydrogen) atoms. The van der Waals surface area contributed by atoms with Crippen LogP contribution in [0.3, 0.4) is 0 Å². The van der Waals surface area contributed by atoms with E-state index in [2.05, 4.69) is 38.1 Å². The molecule has 168 valence electrons. The highest BCUT2D eigenvalue weighted by molar-refractivity contribution is 5.47. The highest BCUT2D eigenvalue weighted by Gasteiger charge is 2.28. The van der Waals surface area contributed by atoms with E-state index in [9.17, 15) is 0 Å². The van der Waals surface area contributed by atoms with E-state index in [1.807, 2.05) is 72.8 Å². The Morgan fingerprint density at radius 3 is 1.15 bits per heavy atom. The molecule has 0 saturated heterocycles. The Morgan fingerprint density at radius 1 is 0.545 bits per heavy atom. The van der Waals surface area contributed by atoms with Gasteiger partial charge in [0.05, 0.1) is 0 Å². The van der Waals surface area contributed by atoms with Gasteiger partial charge in [0.25, 0.3) is 0 Å². The lowest BCUT2D eigenvalue weighted by molar-refractivity contribution is 0.476. The number of nitrogen functional groups attached to an aromatic ring is 2. The Kier molecular flexibility index (Phi) is 6.55. The van der Waals surface area contributed by atoms with E-state index >= 15 is 0 Å². The van der Waals surface area contributed by atoms with Gasteiger partial charge in [-0.25, -0.2) is 0 Å². The van der Waals surface area contributed by atoms with Crippen LogP contribution < -0.4 is 20.9 Å². The van der Waals surface area contributed by atoms with Gasteiger partial charge in [0.15, 0.2) is 0 Å². The predicted molar refractivity (Wildman–Crippen MR) is 136 cm³/mol. The van der Waals surface area contributed by atoms with E-state index in [-0.39, 0.29) is 5.41 Å². The summed E-state index contributed by atoms with van der Waals surface area (Å²) in [7, 11) is 0. The highest BCUT2D eigenvalue weighted by atomic mass is 16.5. The lowest BCUT2D eigenvalue weighted by atomic mass is 9.73. The Bertz CT molecular complexity index is 1080. The molecule has 0 saturated carbocycles. The molecule has 4 N–H and O–H groups in total. The Morgan fingerprint density at radius 2 is 0.848 bits per heavy atom. The molecular weight excluding hydrogens is 408 g/mol. The van der Waals surface area contributed by atoms with Crippen molar-refractivity contribution in [2.24, 2.45) is 0 Å². The zero-order chi connectivity index (χ0) is 23.3. The standard InChI is InChI=1S/C29H30N2O2/c1-3-20-29(2,21-4-12-25(13-5-21)32-27-16-8-23(30)9-17-27)22-6-14-26(15-7-22)33-28-18-10-24(31)11-19-28/h4-19H,3,20,30-31H2,1-2H3. The van der Waals surface area contributed by atoms with Crippen molar-refractivity contribution in [2.45, 2.75) is 32.1 Å².